The Bertz CT molecular complexity index is 332. The first-order valence-electron chi connectivity index (χ1n) is 6.43. The zero-order valence-electron chi connectivity index (χ0n) is 12.2. The van der Waals surface area contributed by atoms with Gasteiger partial charge in [0.2, 0.25) is 0 Å². The molecule has 0 atom stereocenters. The van der Waals surface area contributed by atoms with Gasteiger partial charge in [-0.15, -0.1) is 0 Å². The Hall–Kier alpha value is -1.51. The first-order chi connectivity index (χ1) is 8.51. The van der Waals surface area contributed by atoms with E-state index in [4.69, 9.17) is 4.74 Å². The van der Waals surface area contributed by atoms with E-state index in [0.717, 1.165) is 12.0 Å². The molecule has 0 aromatic heterocycles. The summed E-state index contributed by atoms with van der Waals surface area (Å²) in [6.07, 6.45) is 8.11. The van der Waals surface area contributed by atoms with Crippen molar-refractivity contribution in [3.05, 3.63) is 35.6 Å². The van der Waals surface area contributed by atoms with Crippen molar-refractivity contribution in [3.8, 4) is 0 Å². The SMILES string of the molecule is CCN(CC)C(=O)O/C=C/C(C)=C/CC=C(C)C. The van der Waals surface area contributed by atoms with Crippen LogP contribution in [-0.4, -0.2) is 24.1 Å². The maximum Gasteiger partial charge on any atom is 0.414 e. The van der Waals surface area contributed by atoms with Crippen molar-refractivity contribution >= 4 is 6.09 Å². The molecule has 0 saturated heterocycles. The van der Waals surface area contributed by atoms with Crippen LogP contribution in [0.25, 0.3) is 0 Å². The molecular formula is C15H25NO2. The number of ether oxygens (including phenoxy) is 1. The second-order valence-electron chi connectivity index (χ2n) is 4.32. The van der Waals surface area contributed by atoms with Crippen molar-refractivity contribution < 1.29 is 9.53 Å². The summed E-state index contributed by atoms with van der Waals surface area (Å²) in [6.45, 7) is 11.3. The molecule has 0 N–H and O–H groups in total. The van der Waals surface area contributed by atoms with Crippen LogP contribution in [0.5, 0.6) is 0 Å². The fourth-order valence-electron chi connectivity index (χ4n) is 1.30. The van der Waals surface area contributed by atoms with Gasteiger partial charge in [0.1, 0.15) is 0 Å². The lowest BCUT2D eigenvalue weighted by Gasteiger charge is -2.16. The third kappa shape index (κ3) is 7.71. The highest BCUT2D eigenvalue weighted by Gasteiger charge is 2.08. The molecule has 0 aliphatic rings. The van der Waals surface area contributed by atoms with Gasteiger partial charge in [0.05, 0.1) is 6.26 Å². The van der Waals surface area contributed by atoms with E-state index in [2.05, 4.69) is 26.0 Å². The van der Waals surface area contributed by atoms with Crippen LogP contribution in [0.2, 0.25) is 0 Å². The Balaban J connectivity index is 4.16. The molecule has 0 fully saturated rings. The quantitative estimate of drug-likeness (QED) is 0.400. The van der Waals surface area contributed by atoms with E-state index in [1.54, 1.807) is 11.0 Å². The molecule has 0 saturated carbocycles. The molecule has 102 valence electrons. The molecule has 0 rings (SSSR count). The fraction of sp³-hybridized carbons (Fsp3) is 0.533. The van der Waals surface area contributed by atoms with Gasteiger partial charge in [-0.3, -0.25) is 0 Å². The molecule has 3 nitrogen and oxygen atoms in total. The van der Waals surface area contributed by atoms with Gasteiger partial charge in [-0.1, -0.05) is 23.3 Å². The molecule has 0 radical (unpaired) electrons. The topological polar surface area (TPSA) is 29.5 Å². The standard InChI is InChI=1S/C15H25NO2/c1-6-16(7-2)15(17)18-12-11-14(5)10-8-9-13(3)4/h9-12H,6-8H2,1-5H3/b12-11+,14-10+. The highest BCUT2D eigenvalue weighted by Crippen LogP contribution is 2.02. The van der Waals surface area contributed by atoms with Gasteiger partial charge in [0.25, 0.3) is 0 Å². The van der Waals surface area contributed by atoms with E-state index in [-0.39, 0.29) is 6.09 Å². The minimum atomic E-state index is -0.298. The predicted molar refractivity (Wildman–Crippen MR) is 76.3 cm³/mol. The van der Waals surface area contributed by atoms with E-state index in [1.807, 2.05) is 20.8 Å². The summed E-state index contributed by atoms with van der Waals surface area (Å²) in [4.78, 5) is 13.1. The summed E-state index contributed by atoms with van der Waals surface area (Å²) in [5, 5.41) is 0. The minimum Gasteiger partial charge on any atom is -0.418 e. The zero-order chi connectivity index (χ0) is 14.0. The van der Waals surface area contributed by atoms with Crippen molar-refractivity contribution in [2.75, 3.05) is 13.1 Å². The summed E-state index contributed by atoms with van der Waals surface area (Å²) in [5.41, 5.74) is 2.39. The van der Waals surface area contributed by atoms with Gasteiger partial charge in [0, 0.05) is 13.1 Å². The number of carbonyl (C=O) groups excluding carboxylic acids is 1. The Labute approximate surface area is 111 Å². The Morgan fingerprint density at radius 1 is 1.11 bits per heavy atom. The number of hydrogen-bond donors (Lipinski definition) is 0. The van der Waals surface area contributed by atoms with E-state index < -0.39 is 0 Å². The van der Waals surface area contributed by atoms with Crippen LogP contribution < -0.4 is 0 Å². The Kier molecular flexibility index (Phi) is 8.71. The third-order valence-electron chi connectivity index (χ3n) is 2.49. The number of rotatable bonds is 6. The summed E-state index contributed by atoms with van der Waals surface area (Å²) < 4.78 is 5.03. The first-order valence-corrected chi connectivity index (χ1v) is 6.43. The highest BCUT2D eigenvalue weighted by atomic mass is 16.5. The van der Waals surface area contributed by atoms with E-state index in [1.165, 1.54) is 11.8 Å². The molecule has 0 aliphatic heterocycles. The van der Waals surface area contributed by atoms with Crippen LogP contribution in [0.15, 0.2) is 35.6 Å². The van der Waals surface area contributed by atoms with E-state index in [9.17, 15) is 4.79 Å². The van der Waals surface area contributed by atoms with Gasteiger partial charge in [-0.25, -0.2) is 4.79 Å². The molecule has 0 spiro atoms. The van der Waals surface area contributed by atoms with Gasteiger partial charge in [-0.05, 0) is 47.1 Å². The summed E-state index contributed by atoms with van der Waals surface area (Å²) in [7, 11) is 0. The number of amides is 1. The van der Waals surface area contributed by atoms with E-state index in [0.29, 0.717) is 13.1 Å². The van der Waals surface area contributed by atoms with Crippen molar-refractivity contribution in [2.24, 2.45) is 0 Å². The van der Waals surface area contributed by atoms with Crippen molar-refractivity contribution in [1.82, 2.24) is 4.90 Å². The molecule has 0 aromatic rings. The Morgan fingerprint density at radius 2 is 1.72 bits per heavy atom. The minimum absolute atomic E-state index is 0.298. The maximum atomic E-state index is 11.5. The molecule has 0 unspecified atom stereocenters. The lowest BCUT2D eigenvalue weighted by Crippen LogP contribution is -2.29. The fourth-order valence-corrected chi connectivity index (χ4v) is 1.30. The van der Waals surface area contributed by atoms with Crippen molar-refractivity contribution in [2.45, 2.75) is 41.0 Å². The molecule has 18 heavy (non-hydrogen) atoms. The van der Waals surface area contributed by atoms with Gasteiger partial charge < -0.3 is 9.64 Å². The molecule has 3 heteroatoms. The molecule has 1 amide bonds. The molecule has 0 aromatic carbocycles. The van der Waals surface area contributed by atoms with E-state index >= 15 is 0 Å². The van der Waals surface area contributed by atoms with Crippen LogP contribution in [0, 0.1) is 0 Å². The molecule has 0 bridgehead atoms. The smallest absolute Gasteiger partial charge is 0.414 e. The summed E-state index contributed by atoms with van der Waals surface area (Å²) in [5.74, 6) is 0. The lowest BCUT2D eigenvalue weighted by atomic mass is 10.2. The normalized spacial score (nSPS) is 11.5. The van der Waals surface area contributed by atoms with Crippen LogP contribution in [0.3, 0.4) is 0 Å². The van der Waals surface area contributed by atoms with Gasteiger partial charge in [0.15, 0.2) is 0 Å². The number of hydrogen-bond acceptors (Lipinski definition) is 2. The molecule has 0 aliphatic carbocycles. The second-order valence-corrected chi connectivity index (χ2v) is 4.32. The number of nitrogens with zero attached hydrogens (tertiary/aromatic N) is 1. The number of allylic oxidation sites excluding steroid dienone is 5. The molecule has 0 heterocycles. The zero-order valence-corrected chi connectivity index (χ0v) is 12.2. The predicted octanol–water partition coefficient (Wildman–Crippen LogP) is 4.28. The van der Waals surface area contributed by atoms with Crippen LogP contribution in [0.4, 0.5) is 4.79 Å². The van der Waals surface area contributed by atoms with Crippen molar-refractivity contribution in [1.29, 1.82) is 0 Å². The second kappa shape index (κ2) is 9.51. The number of carbonyl (C=O) groups is 1. The average molecular weight is 251 g/mol. The summed E-state index contributed by atoms with van der Waals surface area (Å²) in [6, 6.07) is 0. The maximum absolute atomic E-state index is 11.5. The first kappa shape index (κ1) is 16.5. The van der Waals surface area contributed by atoms with Crippen LogP contribution in [-0.2, 0) is 4.74 Å². The third-order valence-corrected chi connectivity index (χ3v) is 2.49. The average Bonchev–Trinajstić information content (AvgIpc) is 2.30. The van der Waals surface area contributed by atoms with Crippen LogP contribution >= 0.6 is 0 Å². The van der Waals surface area contributed by atoms with Gasteiger partial charge >= 0.3 is 6.09 Å². The Morgan fingerprint density at radius 3 is 2.22 bits per heavy atom. The monoisotopic (exact) mass is 251 g/mol. The van der Waals surface area contributed by atoms with Crippen LogP contribution in [0.1, 0.15) is 41.0 Å². The van der Waals surface area contributed by atoms with Crippen molar-refractivity contribution in [3.63, 3.8) is 0 Å². The lowest BCUT2D eigenvalue weighted by molar-refractivity contribution is 0.142. The van der Waals surface area contributed by atoms with Gasteiger partial charge in [-0.2, -0.15) is 0 Å². The highest BCUT2D eigenvalue weighted by molar-refractivity contribution is 5.68. The largest absolute Gasteiger partial charge is 0.418 e. The summed E-state index contributed by atoms with van der Waals surface area (Å²) >= 11 is 0. The molecular weight excluding hydrogens is 226 g/mol.